The normalized spacial score (nSPS) is 18.1. The first-order valence-electron chi connectivity index (χ1n) is 9.79. The lowest BCUT2D eigenvalue weighted by molar-refractivity contribution is 0.0696. The van der Waals surface area contributed by atoms with Crippen molar-refractivity contribution in [2.45, 2.75) is 44.6 Å². The number of benzene rings is 1. The molecule has 28 heavy (non-hydrogen) atoms. The summed E-state index contributed by atoms with van der Waals surface area (Å²) in [5.74, 6) is -0.0358. The van der Waals surface area contributed by atoms with E-state index in [9.17, 15) is 13.2 Å². The minimum atomic E-state index is -3.54. The van der Waals surface area contributed by atoms with Gasteiger partial charge in [-0.2, -0.15) is 9.40 Å². The zero-order valence-corrected chi connectivity index (χ0v) is 17.2. The van der Waals surface area contributed by atoms with Gasteiger partial charge in [-0.15, -0.1) is 0 Å². The quantitative estimate of drug-likeness (QED) is 0.787. The SMILES string of the molecule is Cc1ccc(S(=O)(=O)N2CCN(C(=O)c3cnn4c3CCCC4)CC2)cc1C. The van der Waals surface area contributed by atoms with Crippen molar-refractivity contribution in [3.8, 4) is 0 Å². The number of sulfonamides is 1. The number of hydrogen-bond acceptors (Lipinski definition) is 4. The summed E-state index contributed by atoms with van der Waals surface area (Å²) >= 11 is 0. The Labute approximate surface area is 166 Å². The van der Waals surface area contributed by atoms with E-state index in [0.29, 0.717) is 36.6 Å². The smallest absolute Gasteiger partial charge is 0.257 e. The molecule has 0 atom stereocenters. The second kappa shape index (κ2) is 7.33. The van der Waals surface area contributed by atoms with Crippen LogP contribution in [0.3, 0.4) is 0 Å². The molecule has 0 aliphatic carbocycles. The first kappa shape index (κ1) is 19.1. The van der Waals surface area contributed by atoms with Gasteiger partial charge in [-0.1, -0.05) is 6.07 Å². The van der Waals surface area contributed by atoms with Gasteiger partial charge in [0.15, 0.2) is 0 Å². The second-order valence-corrected chi connectivity index (χ2v) is 9.57. The van der Waals surface area contributed by atoms with Crippen molar-refractivity contribution in [2.75, 3.05) is 26.2 Å². The van der Waals surface area contributed by atoms with Crippen LogP contribution < -0.4 is 0 Å². The zero-order valence-electron chi connectivity index (χ0n) is 16.4. The van der Waals surface area contributed by atoms with Crippen LogP contribution in [0.4, 0.5) is 0 Å². The van der Waals surface area contributed by atoms with Crippen LogP contribution in [0, 0.1) is 13.8 Å². The molecule has 0 N–H and O–H groups in total. The van der Waals surface area contributed by atoms with Gasteiger partial charge in [0.25, 0.3) is 5.91 Å². The molecule has 1 fully saturated rings. The Morgan fingerprint density at radius 1 is 1.00 bits per heavy atom. The summed E-state index contributed by atoms with van der Waals surface area (Å²) in [6.07, 6.45) is 4.72. The molecule has 2 aliphatic heterocycles. The Hall–Kier alpha value is -2.19. The maximum atomic E-state index is 13.0. The average molecular weight is 403 g/mol. The molecule has 1 aromatic carbocycles. The van der Waals surface area contributed by atoms with Gasteiger partial charge >= 0.3 is 0 Å². The number of fused-ring (bicyclic) bond motifs is 1. The van der Waals surface area contributed by atoms with Gasteiger partial charge in [0.1, 0.15) is 0 Å². The lowest BCUT2D eigenvalue weighted by Crippen LogP contribution is -2.50. The second-order valence-electron chi connectivity index (χ2n) is 7.63. The summed E-state index contributed by atoms with van der Waals surface area (Å²) in [6.45, 7) is 6.16. The van der Waals surface area contributed by atoms with Crippen LogP contribution in [0.1, 0.15) is 40.0 Å². The highest BCUT2D eigenvalue weighted by Crippen LogP contribution is 2.23. The van der Waals surface area contributed by atoms with E-state index < -0.39 is 10.0 Å². The molecule has 0 spiro atoms. The lowest BCUT2D eigenvalue weighted by Gasteiger charge is -2.34. The molecular formula is C20H26N4O3S. The number of hydrogen-bond donors (Lipinski definition) is 0. The molecule has 0 unspecified atom stereocenters. The standard InChI is InChI=1S/C20H26N4O3S/c1-15-6-7-17(13-16(15)2)28(26,27)23-11-9-22(10-12-23)20(25)18-14-21-24-8-4-3-5-19(18)24/h6-7,13-14H,3-5,8-12H2,1-2H3. The van der Waals surface area contributed by atoms with Crippen molar-refractivity contribution in [3.05, 3.63) is 46.8 Å². The number of carbonyl (C=O) groups is 1. The molecular weight excluding hydrogens is 376 g/mol. The Bertz CT molecular complexity index is 1000. The fraction of sp³-hybridized carbons (Fsp3) is 0.500. The predicted octanol–water partition coefficient (Wildman–Crippen LogP) is 1.98. The molecule has 2 aliphatic rings. The third-order valence-corrected chi connectivity index (χ3v) is 7.75. The van der Waals surface area contributed by atoms with Crippen LogP contribution in [0.5, 0.6) is 0 Å². The summed E-state index contributed by atoms with van der Waals surface area (Å²) in [5.41, 5.74) is 3.71. The molecule has 150 valence electrons. The third-order valence-electron chi connectivity index (χ3n) is 5.85. The van der Waals surface area contributed by atoms with Gasteiger partial charge in [0.2, 0.25) is 10.0 Å². The van der Waals surface area contributed by atoms with E-state index in [4.69, 9.17) is 0 Å². The predicted molar refractivity (Wildman–Crippen MR) is 106 cm³/mol. The number of rotatable bonds is 3. The maximum Gasteiger partial charge on any atom is 0.257 e. The van der Waals surface area contributed by atoms with E-state index in [1.165, 1.54) is 4.31 Å². The van der Waals surface area contributed by atoms with Crippen LogP contribution in [0.15, 0.2) is 29.3 Å². The summed E-state index contributed by atoms with van der Waals surface area (Å²) in [4.78, 5) is 15.0. The van der Waals surface area contributed by atoms with E-state index in [1.807, 2.05) is 24.6 Å². The van der Waals surface area contributed by atoms with Crippen molar-refractivity contribution >= 4 is 15.9 Å². The van der Waals surface area contributed by atoms with Gasteiger partial charge < -0.3 is 4.90 Å². The highest BCUT2D eigenvalue weighted by molar-refractivity contribution is 7.89. The van der Waals surface area contributed by atoms with Crippen molar-refractivity contribution in [3.63, 3.8) is 0 Å². The fourth-order valence-corrected chi connectivity index (χ4v) is 5.43. The molecule has 3 heterocycles. The van der Waals surface area contributed by atoms with Crippen molar-refractivity contribution in [1.82, 2.24) is 19.0 Å². The monoisotopic (exact) mass is 402 g/mol. The topological polar surface area (TPSA) is 75.5 Å². The van der Waals surface area contributed by atoms with Crippen molar-refractivity contribution in [2.24, 2.45) is 0 Å². The number of nitrogens with zero attached hydrogens (tertiary/aromatic N) is 4. The number of aryl methyl sites for hydroxylation is 3. The van der Waals surface area contributed by atoms with E-state index in [1.54, 1.807) is 23.2 Å². The molecule has 1 saturated heterocycles. The number of amides is 1. The first-order chi connectivity index (χ1) is 13.4. The Kier molecular flexibility index (Phi) is 5.01. The van der Waals surface area contributed by atoms with Crippen molar-refractivity contribution in [1.29, 1.82) is 0 Å². The number of piperazine rings is 1. The van der Waals surface area contributed by atoms with Crippen molar-refractivity contribution < 1.29 is 13.2 Å². The molecule has 1 aromatic heterocycles. The van der Waals surface area contributed by atoms with E-state index in [0.717, 1.165) is 42.6 Å². The molecule has 7 nitrogen and oxygen atoms in total. The van der Waals surface area contributed by atoms with Gasteiger partial charge in [-0.3, -0.25) is 9.48 Å². The van der Waals surface area contributed by atoms with Crippen LogP contribution >= 0.6 is 0 Å². The molecule has 0 saturated carbocycles. The highest BCUT2D eigenvalue weighted by Gasteiger charge is 2.32. The Morgan fingerprint density at radius 2 is 1.75 bits per heavy atom. The summed E-state index contributed by atoms with van der Waals surface area (Å²) in [5, 5.41) is 4.34. The average Bonchev–Trinajstić information content (AvgIpc) is 3.13. The van der Waals surface area contributed by atoms with E-state index in [-0.39, 0.29) is 5.91 Å². The first-order valence-corrected chi connectivity index (χ1v) is 11.2. The van der Waals surface area contributed by atoms with Crippen LogP contribution in [0.25, 0.3) is 0 Å². The molecule has 1 amide bonds. The molecule has 2 aromatic rings. The van der Waals surface area contributed by atoms with Gasteiger partial charge in [-0.25, -0.2) is 8.42 Å². The van der Waals surface area contributed by atoms with Crippen LogP contribution in [-0.2, 0) is 23.0 Å². The summed E-state index contributed by atoms with van der Waals surface area (Å²) in [7, 11) is -3.54. The maximum absolute atomic E-state index is 13.0. The third kappa shape index (κ3) is 3.35. The molecule has 4 rings (SSSR count). The fourth-order valence-electron chi connectivity index (χ4n) is 3.93. The van der Waals surface area contributed by atoms with Gasteiger partial charge in [0, 0.05) is 32.7 Å². The Morgan fingerprint density at radius 3 is 2.46 bits per heavy atom. The lowest BCUT2D eigenvalue weighted by atomic mass is 10.1. The van der Waals surface area contributed by atoms with E-state index >= 15 is 0 Å². The number of carbonyl (C=O) groups excluding carboxylic acids is 1. The molecule has 8 heteroatoms. The molecule has 0 radical (unpaired) electrons. The van der Waals surface area contributed by atoms with Crippen LogP contribution in [0.2, 0.25) is 0 Å². The van der Waals surface area contributed by atoms with Gasteiger partial charge in [0.05, 0.1) is 22.3 Å². The minimum absolute atomic E-state index is 0.0358. The van der Waals surface area contributed by atoms with Crippen LogP contribution in [-0.4, -0.2) is 59.5 Å². The number of aromatic nitrogens is 2. The largest absolute Gasteiger partial charge is 0.336 e. The summed E-state index contributed by atoms with van der Waals surface area (Å²) in [6, 6.07) is 5.22. The Balaban J connectivity index is 1.46. The minimum Gasteiger partial charge on any atom is -0.336 e. The van der Waals surface area contributed by atoms with Gasteiger partial charge in [-0.05, 0) is 56.4 Å². The summed E-state index contributed by atoms with van der Waals surface area (Å²) < 4.78 is 29.3. The van der Waals surface area contributed by atoms with E-state index in [2.05, 4.69) is 5.10 Å². The highest BCUT2D eigenvalue weighted by atomic mass is 32.2. The molecule has 0 bridgehead atoms. The zero-order chi connectivity index (χ0) is 19.9.